The molecule has 0 bridgehead atoms. The number of hydrogen-bond acceptors (Lipinski definition) is 1. The number of hydrogen-bond donors (Lipinski definition) is 1. The second-order valence-electron chi connectivity index (χ2n) is 5.28. The zero-order chi connectivity index (χ0) is 16.2. The fraction of sp³-hybridized carbons (Fsp3) is 0.105. The van der Waals surface area contributed by atoms with Crippen LogP contribution < -0.4 is 5.32 Å². The lowest BCUT2D eigenvalue weighted by molar-refractivity contribution is -0.115. The Morgan fingerprint density at radius 3 is 2.52 bits per heavy atom. The van der Waals surface area contributed by atoms with E-state index in [4.69, 9.17) is 0 Å². The normalized spacial score (nSPS) is 12.1. The number of benzene rings is 3. The van der Waals surface area contributed by atoms with Crippen molar-refractivity contribution >= 4 is 38.3 Å². The maximum atomic E-state index is 13.7. The largest absolute Gasteiger partial charge is 0.325 e. The van der Waals surface area contributed by atoms with Crippen molar-refractivity contribution < 1.29 is 9.18 Å². The topological polar surface area (TPSA) is 29.1 Å². The number of anilines is 1. The van der Waals surface area contributed by atoms with Crippen LogP contribution in [0.5, 0.6) is 0 Å². The number of carbonyl (C=O) groups is 1. The highest BCUT2D eigenvalue weighted by Crippen LogP contribution is 2.24. The van der Waals surface area contributed by atoms with Crippen LogP contribution in [0.2, 0.25) is 0 Å². The Hall–Kier alpha value is -2.20. The summed E-state index contributed by atoms with van der Waals surface area (Å²) in [7, 11) is 0. The highest BCUT2D eigenvalue weighted by molar-refractivity contribution is 9.10. The molecule has 0 saturated heterocycles. The number of fused-ring (bicyclic) bond motifs is 1. The maximum Gasteiger partial charge on any atom is 0.238 e. The standard InChI is InChI=1S/C19H15BrFNO/c20-16(12-14-7-2-4-10-17(14)21)19(23)22-18-11-5-8-13-6-1-3-9-15(13)18/h1-11,16H,12H2,(H,22,23). The fourth-order valence-corrected chi connectivity index (χ4v) is 2.96. The van der Waals surface area contributed by atoms with Crippen LogP contribution in [0.15, 0.2) is 66.7 Å². The Morgan fingerprint density at radius 2 is 1.70 bits per heavy atom. The van der Waals surface area contributed by atoms with E-state index >= 15 is 0 Å². The molecule has 0 aliphatic carbocycles. The first-order valence-corrected chi connectivity index (χ1v) is 8.23. The second kappa shape index (κ2) is 6.92. The van der Waals surface area contributed by atoms with E-state index in [1.54, 1.807) is 18.2 Å². The van der Waals surface area contributed by atoms with Gasteiger partial charge in [0.25, 0.3) is 0 Å². The molecule has 3 aromatic rings. The molecule has 0 aromatic heterocycles. The molecular weight excluding hydrogens is 357 g/mol. The lowest BCUT2D eigenvalue weighted by atomic mass is 10.1. The molecular formula is C19H15BrFNO. The van der Waals surface area contributed by atoms with E-state index in [1.807, 2.05) is 42.5 Å². The van der Waals surface area contributed by atoms with Crippen LogP contribution >= 0.6 is 15.9 Å². The summed E-state index contributed by atoms with van der Waals surface area (Å²) in [6, 6.07) is 20.1. The van der Waals surface area contributed by atoms with Gasteiger partial charge >= 0.3 is 0 Å². The molecule has 0 spiro atoms. The lowest BCUT2D eigenvalue weighted by Crippen LogP contribution is -2.25. The van der Waals surface area contributed by atoms with Crippen molar-refractivity contribution in [2.45, 2.75) is 11.2 Å². The molecule has 1 amide bonds. The van der Waals surface area contributed by atoms with Crippen molar-refractivity contribution in [3.8, 4) is 0 Å². The van der Waals surface area contributed by atoms with Gasteiger partial charge in [-0.15, -0.1) is 0 Å². The molecule has 23 heavy (non-hydrogen) atoms. The quantitative estimate of drug-likeness (QED) is 0.647. The summed E-state index contributed by atoms with van der Waals surface area (Å²) in [5, 5.41) is 4.96. The summed E-state index contributed by atoms with van der Waals surface area (Å²) in [4.78, 5) is 11.9. The smallest absolute Gasteiger partial charge is 0.238 e. The van der Waals surface area contributed by atoms with Gasteiger partial charge in [-0.2, -0.15) is 0 Å². The van der Waals surface area contributed by atoms with Gasteiger partial charge in [-0.3, -0.25) is 4.79 Å². The molecule has 2 nitrogen and oxygen atoms in total. The van der Waals surface area contributed by atoms with Crippen molar-refractivity contribution in [1.29, 1.82) is 0 Å². The summed E-state index contributed by atoms with van der Waals surface area (Å²) in [5.74, 6) is -0.487. The van der Waals surface area contributed by atoms with Gasteiger partial charge in [0.15, 0.2) is 0 Å². The molecule has 3 rings (SSSR count). The molecule has 1 N–H and O–H groups in total. The van der Waals surface area contributed by atoms with Gasteiger partial charge in [0, 0.05) is 11.1 Å². The Labute approximate surface area is 142 Å². The van der Waals surface area contributed by atoms with Crippen molar-refractivity contribution in [3.05, 3.63) is 78.1 Å². The van der Waals surface area contributed by atoms with Crippen molar-refractivity contribution in [2.24, 2.45) is 0 Å². The lowest BCUT2D eigenvalue weighted by Gasteiger charge is -2.13. The molecule has 3 aromatic carbocycles. The highest BCUT2D eigenvalue weighted by Gasteiger charge is 2.18. The van der Waals surface area contributed by atoms with E-state index in [9.17, 15) is 9.18 Å². The van der Waals surface area contributed by atoms with Crippen LogP contribution in [-0.2, 0) is 11.2 Å². The van der Waals surface area contributed by atoms with Crippen LogP contribution in [0, 0.1) is 5.82 Å². The minimum absolute atomic E-state index is 0.190. The second-order valence-corrected chi connectivity index (χ2v) is 6.38. The van der Waals surface area contributed by atoms with Crippen LogP contribution in [-0.4, -0.2) is 10.7 Å². The first-order chi connectivity index (χ1) is 11.1. The molecule has 4 heteroatoms. The maximum absolute atomic E-state index is 13.7. The van der Waals surface area contributed by atoms with Crippen molar-refractivity contribution in [1.82, 2.24) is 0 Å². The number of rotatable bonds is 4. The zero-order valence-electron chi connectivity index (χ0n) is 12.3. The molecule has 0 radical (unpaired) electrons. The molecule has 1 atom stereocenters. The summed E-state index contributed by atoms with van der Waals surface area (Å²) < 4.78 is 13.7. The number of carbonyl (C=O) groups excluding carboxylic acids is 1. The van der Waals surface area contributed by atoms with Gasteiger partial charge in [-0.1, -0.05) is 70.5 Å². The zero-order valence-corrected chi connectivity index (χ0v) is 13.9. The minimum atomic E-state index is -0.502. The Morgan fingerprint density at radius 1 is 1.00 bits per heavy atom. The van der Waals surface area contributed by atoms with E-state index in [0.29, 0.717) is 12.0 Å². The summed E-state index contributed by atoms with van der Waals surface area (Å²) >= 11 is 3.36. The third-order valence-electron chi connectivity index (χ3n) is 3.69. The number of amides is 1. The van der Waals surface area contributed by atoms with E-state index in [2.05, 4.69) is 21.2 Å². The van der Waals surface area contributed by atoms with Crippen molar-refractivity contribution in [3.63, 3.8) is 0 Å². The third kappa shape index (κ3) is 3.59. The Bertz CT molecular complexity index is 844. The number of alkyl halides is 1. The van der Waals surface area contributed by atoms with Gasteiger partial charge in [0.2, 0.25) is 5.91 Å². The van der Waals surface area contributed by atoms with Gasteiger partial charge in [-0.05, 0) is 29.5 Å². The monoisotopic (exact) mass is 371 g/mol. The van der Waals surface area contributed by atoms with Crippen molar-refractivity contribution in [2.75, 3.05) is 5.32 Å². The molecule has 0 aliphatic rings. The summed E-state index contributed by atoms with van der Waals surface area (Å²) in [5.41, 5.74) is 1.27. The summed E-state index contributed by atoms with van der Waals surface area (Å²) in [6.45, 7) is 0. The average molecular weight is 372 g/mol. The Kier molecular flexibility index (Phi) is 4.72. The van der Waals surface area contributed by atoms with Crippen LogP contribution in [0.25, 0.3) is 10.8 Å². The third-order valence-corrected chi connectivity index (χ3v) is 4.43. The number of halogens is 2. The molecule has 116 valence electrons. The van der Waals surface area contributed by atoms with Crippen LogP contribution in [0.3, 0.4) is 0 Å². The van der Waals surface area contributed by atoms with E-state index in [1.165, 1.54) is 6.07 Å². The summed E-state index contributed by atoms with van der Waals surface area (Å²) in [6.07, 6.45) is 0.295. The Balaban J connectivity index is 1.77. The molecule has 0 heterocycles. The van der Waals surface area contributed by atoms with Crippen LogP contribution in [0.1, 0.15) is 5.56 Å². The first kappa shape index (κ1) is 15.7. The number of nitrogens with one attached hydrogen (secondary N) is 1. The predicted molar refractivity (Wildman–Crippen MR) is 95.4 cm³/mol. The molecule has 0 saturated carbocycles. The van der Waals surface area contributed by atoms with Gasteiger partial charge in [-0.25, -0.2) is 4.39 Å². The van der Waals surface area contributed by atoms with Gasteiger partial charge in [0.1, 0.15) is 5.82 Å². The molecule has 1 unspecified atom stereocenters. The van der Waals surface area contributed by atoms with E-state index < -0.39 is 4.83 Å². The predicted octanol–water partition coefficient (Wildman–Crippen LogP) is 4.92. The van der Waals surface area contributed by atoms with Gasteiger partial charge in [0.05, 0.1) is 4.83 Å². The molecule has 0 aliphatic heterocycles. The SMILES string of the molecule is O=C(Nc1cccc2ccccc12)C(Br)Cc1ccccc1F. The highest BCUT2D eigenvalue weighted by atomic mass is 79.9. The van der Waals surface area contributed by atoms with Crippen LogP contribution in [0.4, 0.5) is 10.1 Å². The first-order valence-electron chi connectivity index (χ1n) is 7.31. The van der Waals surface area contributed by atoms with E-state index in [-0.39, 0.29) is 11.7 Å². The fourth-order valence-electron chi connectivity index (χ4n) is 2.50. The molecule has 0 fully saturated rings. The average Bonchev–Trinajstić information content (AvgIpc) is 2.57. The minimum Gasteiger partial charge on any atom is -0.325 e. The van der Waals surface area contributed by atoms with Gasteiger partial charge < -0.3 is 5.32 Å². The van der Waals surface area contributed by atoms with E-state index in [0.717, 1.165) is 16.5 Å².